The molecule has 1 N–H and O–H groups in total. The van der Waals surface area contributed by atoms with Crippen molar-refractivity contribution in [3.63, 3.8) is 0 Å². The van der Waals surface area contributed by atoms with E-state index in [-0.39, 0.29) is 18.2 Å². The van der Waals surface area contributed by atoms with Gasteiger partial charge in [0.1, 0.15) is 11.5 Å². The number of carbonyl (C=O) groups is 2. The molecule has 24 heavy (non-hydrogen) atoms. The molecule has 0 aliphatic rings. The largest absolute Gasteiger partial charge is 0.495 e. The smallest absolute Gasteiger partial charge is 0.226 e. The predicted molar refractivity (Wildman–Crippen MR) is 91.0 cm³/mol. The molecule has 0 aliphatic heterocycles. The zero-order chi connectivity index (χ0) is 17.5. The van der Waals surface area contributed by atoms with E-state index in [1.807, 2.05) is 0 Å². The summed E-state index contributed by atoms with van der Waals surface area (Å²) in [6, 6.07) is 8.54. The van der Waals surface area contributed by atoms with Gasteiger partial charge in [0.05, 0.1) is 24.9 Å². The number of methoxy groups -OCH3 is 1. The molecule has 128 valence electrons. The maximum absolute atomic E-state index is 12.1. The average molecular weight is 351 g/mol. The fourth-order valence-corrected chi connectivity index (χ4v) is 2.40. The molecule has 0 radical (unpaired) electrons. The molecule has 1 heterocycles. The minimum Gasteiger partial charge on any atom is -0.495 e. The average Bonchev–Trinajstić information content (AvgIpc) is 3.04. The van der Waals surface area contributed by atoms with Crippen LogP contribution >= 0.6 is 11.6 Å². The predicted octanol–water partition coefficient (Wildman–Crippen LogP) is 3.32. The molecule has 0 aliphatic carbocycles. The molecule has 2 amide bonds. The van der Waals surface area contributed by atoms with Crippen LogP contribution in [0, 0.1) is 0 Å². The Morgan fingerprint density at radius 1 is 1.33 bits per heavy atom. The number of rotatable bonds is 7. The van der Waals surface area contributed by atoms with Crippen LogP contribution in [-0.4, -0.2) is 30.4 Å². The van der Waals surface area contributed by atoms with Crippen molar-refractivity contribution in [2.45, 2.75) is 19.9 Å². The lowest BCUT2D eigenvalue weighted by Crippen LogP contribution is -2.31. The van der Waals surface area contributed by atoms with Crippen LogP contribution in [0.4, 0.5) is 5.69 Å². The summed E-state index contributed by atoms with van der Waals surface area (Å²) in [6.07, 6.45) is 1.72. The number of nitrogens with one attached hydrogen (secondary N) is 1. The van der Waals surface area contributed by atoms with Crippen molar-refractivity contribution in [2.24, 2.45) is 0 Å². The van der Waals surface area contributed by atoms with Crippen LogP contribution in [0.25, 0.3) is 0 Å². The van der Waals surface area contributed by atoms with Crippen LogP contribution in [0.5, 0.6) is 5.75 Å². The summed E-state index contributed by atoms with van der Waals surface area (Å²) in [4.78, 5) is 25.3. The Labute approximate surface area is 145 Å². The second-order valence-corrected chi connectivity index (χ2v) is 5.57. The third-order valence-electron chi connectivity index (χ3n) is 3.42. The number of nitrogens with zero attached hydrogens (tertiary/aromatic N) is 1. The van der Waals surface area contributed by atoms with Crippen molar-refractivity contribution >= 4 is 29.1 Å². The maximum atomic E-state index is 12.1. The first-order valence-electron chi connectivity index (χ1n) is 7.41. The van der Waals surface area contributed by atoms with Crippen LogP contribution in [-0.2, 0) is 16.1 Å². The lowest BCUT2D eigenvalue weighted by molar-refractivity contribution is -0.130. The molecular formula is C17H19ClN2O4. The summed E-state index contributed by atoms with van der Waals surface area (Å²) >= 11 is 6.02. The Morgan fingerprint density at radius 3 is 2.71 bits per heavy atom. The number of halogens is 1. The highest BCUT2D eigenvalue weighted by Gasteiger charge is 2.13. The van der Waals surface area contributed by atoms with Crippen LogP contribution < -0.4 is 10.1 Å². The monoisotopic (exact) mass is 350 g/mol. The molecule has 1 aromatic heterocycles. The van der Waals surface area contributed by atoms with Gasteiger partial charge in [-0.2, -0.15) is 0 Å². The Kier molecular flexibility index (Phi) is 6.26. The SMILES string of the molecule is COc1ccc(NC(=O)CCN(Cc2ccco2)C(C)=O)cc1Cl. The summed E-state index contributed by atoms with van der Waals surface area (Å²) in [7, 11) is 1.52. The molecule has 1 aromatic carbocycles. The van der Waals surface area contributed by atoms with Gasteiger partial charge in [-0.05, 0) is 30.3 Å². The second-order valence-electron chi connectivity index (χ2n) is 5.17. The summed E-state index contributed by atoms with van der Waals surface area (Å²) in [5.41, 5.74) is 0.575. The molecule has 0 unspecified atom stereocenters. The van der Waals surface area contributed by atoms with Gasteiger partial charge in [0.25, 0.3) is 0 Å². The quantitative estimate of drug-likeness (QED) is 0.831. The molecule has 0 saturated heterocycles. The van der Waals surface area contributed by atoms with Crippen LogP contribution in [0.3, 0.4) is 0 Å². The Hall–Kier alpha value is -2.47. The van der Waals surface area contributed by atoms with E-state index in [1.54, 1.807) is 41.5 Å². The van der Waals surface area contributed by atoms with Crippen molar-refractivity contribution in [2.75, 3.05) is 19.0 Å². The molecule has 0 bridgehead atoms. The number of hydrogen-bond acceptors (Lipinski definition) is 4. The molecule has 0 fully saturated rings. The van der Waals surface area contributed by atoms with E-state index in [1.165, 1.54) is 14.0 Å². The van der Waals surface area contributed by atoms with Gasteiger partial charge in [0.2, 0.25) is 11.8 Å². The second kappa shape index (κ2) is 8.40. The van der Waals surface area contributed by atoms with Crippen LogP contribution in [0.2, 0.25) is 5.02 Å². The third-order valence-corrected chi connectivity index (χ3v) is 3.71. The van der Waals surface area contributed by atoms with Gasteiger partial charge in [0, 0.05) is 25.6 Å². The fourth-order valence-electron chi connectivity index (χ4n) is 2.14. The number of benzene rings is 1. The minimum atomic E-state index is -0.207. The van der Waals surface area contributed by atoms with Gasteiger partial charge >= 0.3 is 0 Å². The third kappa shape index (κ3) is 5.03. The first kappa shape index (κ1) is 17.9. The Morgan fingerprint density at radius 2 is 2.12 bits per heavy atom. The number of carbonyl (C=O) groups excluding carboxylic acids is 2. The molecule has 0 atom stereocenters. The van der Waals surface area contributed by atoms with E-state index in [2.05, 4.69) is 5.32 Å². The normalized spacial score (nSPS) is 10.3. The molecule has 0 spiro atoms. The Bertz CT molecular complexity index is 701. The highest BCUT2D eigenvalue weighted by Crippen LogP contribution is 2.27. The van der Waals surface area contributed by atoms with Gasteiger partial charge in [-0.25, -0.2) is 0 Å². The molecule has 7 heteroatoms. The number of ether oxygens (including phenoxy) is 1. The van der Waals surface area contributed by atoms with Crippen molar-refractivity contribution in [3.8, 4) is 5.75 Å². The fraction of sp³-hybridized carbons (Fsp3) is 0.294. The molecule has 0 saturated carbocycles. The molecule has 6 nitrogen and oxygen atoms in total. The molecule has 2 aromatic rings. The summed E-state index contributed by atoms with van der Waals surface area (Å²) in [5, 5.41) is 3.16. The number of hydrogen-bond donors (Lipinski definition) is 1. The first-order chi connectivity index (χ1) is 11.5. The van der Waals surface area contributed by atoms with E-state index in [0.717, 1.165) is 0 Å². The van der Waals surface area contributed by atoms with E-state index in [9.17, 15) is 9.59 Å². The Balaban J connectivity index is 1.88. The van der Waals surface area contributed by atoms with E-state index in [4.69, 9.17) is 20.8 Å². The maximum Gasteiger partial charge on any atom is 0.226 e. The zero-order valence-corrected chi connectivity index (χ0v) is 14.3. The van der Waals surface area contributed by atoms with E-state index < -0.39 is 0 Å². The van der Waals surface area contributed by atoms with Gasteiger partial charge < -0.3 is 19.4 Å². The minimum absolute atomic E-state index is 0.119. The van der Waals surface area contributed by atoms with E-state index >= 15 is 0 Å². The van der Waals surface area contributed by atoms with Gasteiger partial charge in [-0.3, -0.25) is 9.59 Å². The van der Waals surface area contributed by atoms with Gasteiger partial charge in [-0.15, -0.1) is 0 Å². The summed E-state index contributed by atoms with van der Waals surface area (Å²) in [6.45, 7) is 2.10. The van der Waals surface area contributed by atoms with Crippen LogP contribution in [0.15, 0.2) is 41.0 Å². The summed E-state index contributed by atoms with van der Waals surface area (Å²) < 4.78 is 10.3. The van der Waals surface area contributed by atoms with Crippen molar-refractivity contribution in [1.29, 1.82) is 0 Å². The number of anilines is 1. The number of furan rings is 1. The van der Waals surface area contributed by atoms with Crippen molar-refractivity contribution in [1.82, 2.24) is 4.90 Å². The van der Waals surface area contributed by atoms with Crippen molar-refractivity contribution in [3.05, 3.63) is 47.4 Å². The van der Waals surface area contributed by atoms with Crippen LogP contribution in [0.1, 0.15) is 19.1 Å². The molecular weight excluding hydrogens is 332 g/mol. The topological polar surface area (TPSA) is 71.8 Å². The van der Waals surface area contributed by atoms with Gasteiger partial charge in [0.15, 0.2) is 0 Å². The molecule has 2 rings (SSSR count). The number of amides is 2. The van der Waals surface area contributed by atoms with Gasteiger partial charge in [-0.1, -0.05) is 11.6 Å². The van der Waals surface area contributed by atoms with E-state index in [0.29, 0.717) is 35.3 Å². The lowest BCUT2D eigenvalue weighted by atomic mass is 10.2. The first-order valence-corrected chi connectivity index (χ1v) is 7.78. The lowest BCUT2D eigenvalue weighted by Gasteiger charge is -2.19. The summed E-state index contributed by atoms with van der Waals surface area (Å²) in [5.74, 6) is 0.886. The highest BCUT2D eigenvalue weighted by molar-refractivity contribution is 6.32. The van der Waals surface area contributed by atoms with Crippen molar-refractivity contribution < 1.29 is 18.7 Å². The zero-order valence-electron chi connectivity index (χ0n) is 13.5. The highest BCUT2D eigenvalue weighted by atomic mass is 35.5. The standard InChI is InChI=1S/C17H19ClN2O4/c1-12(21)20(11-14-4-3-9-24-14)8-7-17(22)19-13-5-6-16(23-2)15(18)10-13/h3-6,9-10H,7-8,11H2,1-2H3,(H,19,22).